The highest BCUT2D eigenvalue weighted by Crippen LogP contribution is 2.19. The third-order valence-corrected chi connectivity index (χ3v) is 2.61. The maximum absolute atomic E-state index is 11.3. The van der Waals surface area contributed by atoms with Crippen LogP contribution in [0.1, 0.15) is 28.5 Å². The van der Waals surface area contributed by atoms with Crippen molar-refractivity contribution in [2.45, 2.75) is 38.8 Å². The van der Waals surface area contributed by atoms with E-state index in [1.54, 1.807) is 13.8 Å². The molecule has 14 heavy (non-hydrogen) atoms. The molecular weight excluding hydrogens is 202 g/mol. The second kappa shape index (κ2) is 4.21. The molecule has 1 rings (SSSR count). The highest BCUT2D eigenvalue weighted by Gasteiger charge is 2.28. The zero-order valence-electron chi connectivity index (χ0n) is 9.33. The summed E-state index contributed by atoms with van der Waals surface area (Å²) in [5.41, 5.74) is -0.807. The van der Waals surface area contributed by atoms with E-state index < -0.39 is 17.7 Å². The Hall–Kier alpha value is -0.710. The van der Waals surface area contributed by atoms with Crippen molar-refractivity contribution in [3.8, 4) is 0 Å². The van der Waals surface area contributed by atoms with Crippen molar-refractivity contribution in [2.24, 2.45) is 0 Å². The quantitative estimate of drug-likeness (QED) is 0.725. The van der Waals surface area contributed by atoms with Gasteiger partial charge in [0, 0.05) is 7.12 Å². The van der Waals surface area contributed by atoms with Gasteiger partial charge in [0.05, 0.1) is 0 Å². The fourth-order valence-electron chi connectivity index (χ4n) is 1.05. The molecule has 0 aromatic rings. The smallest absolute Gasteiger partial charge is 0.408 e. The van der Waals surface area contributed by atoms with Gasteiger partial charge in [0.15, 0.2) is 0 Å². The molecule has 1 saturated heterocycles. The predicted octanol–water partition coefficient (Wildman–Crippen LogP) is 1.54. The standard InChI is InChI=1S/C9H15NO3S/c1-9(2,3)13-8(12)10-6-4-5-14-7(6)11/h6H,4-5H2,1-3H3,(H,10,12)/t6-/m0/s1/i1D. The van der Waals surface area contributed by atoms with Crippen LogP contribution in [-0.2, 0) is 9.53 Å². The van der Waals surface area contributed by atoms with E-state index in [9.17, 15) is 9.59 Å². The van der Waals surface area contributed by atoms with Crippen LogP contribution in [0, 0.1) is 0 Å². The average molecular weight is 218 g/mol. The first kappa shape index (κ1) is 9.83. The Labute approximate surface area is 89.2 Å². The zero-order valence-corrected chi connectivity index (χ0v) is 9.15. The molecule has 0 unspecified atom stereocenters. The number of carbonyl (C=O) groups excluding carboxylic acids is 2. The van der Waals surface area contributed by atoms with Crippen molar-refractivity contribution in [1.82, 2.24) is 5.32 Å². The van der Waals surface area contributed by atoms with Crippen LogP contribution in [0.25, 0.3) is 0 Å². The van der Waals surface area contributed by atoms with E-state index in [1.807, 2.05) is 0 Å². The van der Waals surface area contributed by atoms with Crippen LogP contribution in [-0.4, -0.2) is 28.6 Å². The molecule has 1 aliphatic heterocycles. The molecule has 0 bridgehead atoms. The molecule has 0 aliphatic carbocycles. The molecule has 0 aromatic heterocycles. The van der Waals surface area contributed by atoms with Crippen LogP contribution in [0.5, 0.6) is 0 Å². The Kier molecular flexibility index (Phi) is 2.96. The summed E-state index contributed by atoms with van der Waals surface area (Å²) in [6.45, 7) is 3.31. The monoisotopic (exact) mass is 218 g/mol. The molecular formula is C9H15NO3S. The van der Waals surface area contributed by atoms with E-state index in [4.69, 9.17) is 6.11 Å². The fourth-order valence-corrected chi connectivity index (χ4v) is 1.98. The molecule has 1 fully saturated rings. The summed E-state index contributed by atoms with van der Waals surface area (Å²) in [6.07, 6.45) is 0.0352. The lowest BCUT2D eigenvalue weighted by Crippen LogP contribution is -2.40. The first-order chi connectivity index (χ1) is 6.94. The van der Waals surface area contributed by atoms with Gasteiger partial charge in [-0.25, -0.2) is 4.79 Å². The number of nitrogens with one attached hydrogen (secondary N) is 1. The van der Waals surface area contributed by atoms with Crippen molar-refractivity contribution >= 4 is 23.0 Å². The summed E-state index contributed by atoms with van der Waals surface area (Å²) in [6, 6.07) is -0.427. The number of ether oxygens (including phenoxy) is 1. The van der Waals surface area contributed by atoms with Crippen molar-refractivity contribution in [2.75, 3.05) is 5.75 Å². The molecule has 1 N–H and O–H groups in total. The number of amides is 1. The van der Waals surface area contributed by atoms with Crippen molar-refractivity contribution in [3.05, 3.63) is 0 Å². The Morgan fingerprint density at radius 1 is 1.79 bits per heavy atom. The van der Waals surface area contributed by atoms with Gasteiger partial charge in [-0.3, -0.25) is 4.79 Å². The SMILES string of the molecule is [2H]CC(C)(C)OC(=O)N[C@H]1CCSC1=O. The molecule has 0 spiro atoms. The normalized spacial score (nSPS) is 23.1. The topological polar surface area (TPSA) is 55.4 Å². The molecule has 0 radical (unpaired) electrons. The van der Waals surface area contributed by atoms with Gasteiger partial charge in [-0.2, -0.15) is 0 Å². The maximum atomic E-state index is 11.3. The van der Waals surface area contributed by atoms with Crippen LogP contribution < -0.4 is 5.32 Å². The van der Waals surface area contributed by atoms with Crippen LogP contribution in [0.15, 0.2) is 0 Å². The Morgan fingerprint density at radius 2 is 2.50 bits per heavy atom. The number of alkyl carbamates (subject to hydrolysis) is 1. The summed E-state index contributed by atoms with van der Waals surface area (Å²) >= 11 is 1.22. The minimum atomic E-state index is -0.807. The largest absolute Gasteiger partial charge is 0.444 e. The van der Waals surface area contributed by atoms with E-state index in [-0.39, 0.29) is 12.0 Å². The minimum Gasteiger partial charge on any atom is -0.444 e. The number of hydrogen-bond donors (Lipinski definition) is 1. The summed E-state index contributed by atoms with van der Waals surface area (Å²) in [7, 11) is 0. The van der Waals surface area contributed by atoms with E-state index in [2.05, 4.69) is 5.32 Å². The van der Waals surface area contributed by atoms with Crippen molar-refractivity contribution in [1.29, 1.82) is 0 Å². The van der Waals surface area contributed by atoms with Crippen LogP contribution in [0.4, 0.5) is 4.79 Å². The Balaban J connectivity index is 2.39. The second-order valence-corrected chi connectivity index (χ2v) is 4.90. The lowest BCUT2D eigenvalue weighted by atomic mass is 10.2. The summed E-state index contributed by atoms with van der Waals surface area (Å²) in [5.74, 6) is 0.742. The van der Waals surface area contributed by atoms with E-state index >= 15 is 0 Å². The lowest BCUT2D eigenvalue weighted by Gasteiger charge is -2.20. The van der Waals surface area contributed by atoms with Crippen molar-refractivity contribution < 1.29 is 15.7 Å². The van der Waals surface area contributed by atoms with Gasteiger partial charge >= 0.3 is 6.09 Å². The molecule has 4 nitrogen and oxygen atoms in total. The number of carbonyl (C=O) groups is 2. The summed E-state index contributed by atoms with van der Waals surface area (Å²) in [5, 5.41) is 2.49. The maximum Gasteiger partial charge on any atom is 0.408 e. The molecule has 1 aliphatic rings. The van der Waals surface area contributed by atoms with Crippen molar-refractivity contribution in [3.63, 3.8) is 0 Å². The average Bonchev–Trinajstić information content (AvgIpc) is 2.51. The number of rotatable bonds is 1. The van der Waals surface area contributed by atoms with Gasteiger partial charge in [-0.1, -0.05) is 11.8 Å². The highest BCUT2D eigenvalue weighted by molar-refractivity contribution is 8.14. The molecule has 1 atom stereocenters. The van der Waals surface area contributed by atoms with Gasteiger partial charge in [-0.05, 0) is 27.2 Å². The lowest BCUT2D eigenvalue weighted by molar-refractivity contribution is -0.112. The summed E-state index contributed by atoms with van der Waals surface area (Å²) in [4.78, 5) is 22.5. The molecule has 0 saturated carbocycles. The second-order valence-electron chi connectivity index (χ2n) is 3.80. The Morgan fingerprint density at radius 3 is 3.00 bits per heavy atom. The number of thioether (sulfide) groups is 1. The molecule has 5 heteroatoms. The van der Waals surface area contributed by atoms with Crippen LogP contribution in [0.3, 0.4) is 0 Å². The predicted molar refractivity (Wildman–Crippen MR) is 55.2 cm³/mol. The third kappa shape index (κ3) is 3.57. The molecule has 0 aromatic carbocycles. The van der Waals surface area contributed by atoms with Gasteiger partial charge in [-0.15, -0.1) is 0 Å². The van der Waals surface area contributed by atoms with Gasteiger partial charge in [0.1, 0.15) is 11.6 Å². The van der Waals surface area contributed by atoms with Gasteiger partial charge in [0.2, 0.25) is 5.12 Å². The molecule has 1 amide bonds. The molecule has 80 valence electrons. The van der Waals surface area contributed by atoms with Gasteiger partial charge < -0.3 is 10.1 Å². The van der Waals surface area contributed by atoms with E-state index in [0.717, 1.165) is 5.75 Å². The minimum absolute atomic E-state index is 0.00617. The zero-order chi connectivity index (χ0) is 11.5. The van der Waals surface area contributed by atoms with E-state index in [0.29, 0.717) is 6.42 Å². The Bertz CT molecular complexity index is 270. The first-order valence-corrected chi connectivity index (χ1v) is 5.38. The van der Waals surface area contributed by atoms with Crippen LogP contribution in [0.2, 0.25) is 0 Å². The highest BCUT2D eigenvalue weighted by atomic mass is 32.2. The first-order valence-electron chi connectivity index (χ1n) is 5.11. The third-order valence-electron chi connectivity index (χ3n) is 1.60. The van der Waals surface area contributed by atoms with Crippen LogP contribution >= 0.6 is 11.8 Å². The summed E-state index contributed by atoms with van der Waals surface area (Å²) < 4.78 is 12.1. The van der Waals surface area contributed by atoms with Gasteiger partial charge in [0.25, 0.3) is 0 Å². The molecule has 1 heterocycles. The van der Waals surface area contributed by atoms with E-state index in [1.165, 1.54) is 11.8 Å². The number of hydrogen-bond acceptors (Lipinski definition) is 4. The fraction of sp³-hybridized carbons (Fsp3) is 0.778.